The number of aromatic nitrogens is 3. The predicted octanol–water partition coefficient (Wildman–Crippen LogP) is 2.88. The number of anilines is 1. The second-order valence-electron chi connectivity index (χ2n) is 5.44. The molecule has 2 aromatic heterocycles. The molecule has 0 fully saturated rings. The number of hydrogen-bond donors (Lipinski definition) is 2. The van der Waals surface area contributed by atoms with Gasteiger partial charge in [0.2, 0.25) is 0 Å². The average Bonchev–Trinajstić information content (AvgIpc) is 2.95. The Labute approximate surface area is 136 Å². The van der Waals surface area contributed by atoms with Gasteiger partial charge in [-0.05, 0) is 24.3 Å². The standard InChI is InChI=1S/C17H13FN4O2/c18-10-4-1-2-5-11(10)20-17(24)14-13(23)7-9-22-12-6-3-8-19-15(12)21-16(14)22/h1-6,8,23H,7,9H2,(H,20,24). The number of halogens is 1. The van der Waals surface area contributed by atoms with Crippen LogP contribution in [0.5, 0.6) is 0 Å². The van der Waals surface area contributed by atoms with Crippen LogP contribution in [-0.2, 0) is 11.3 Å². The Morgan fingerprint density at radius 3 is 2.92 bits per heavy atom. The largest absolute Gasteiger partial charge is 0.511 e. The van der Waals surface area contributed by atoms with Gasteiger partial charge in [0, 0.05) is 19.2 Å². The van der Waals surface area contributed by atoms with E-state index in [1.54, 1.807) is 18.3 Å². The third kappa shape index (κ3) is 2.21. The quantitative estimate of drug-likeness (QED) is 0.759. The van der Waals surface area contributed by atoms with E-state index in [1.807, 2.05) is 10.6 Å². The molecule has 4 rings (SSSR count). The van der Waals surface area contributed by atoms with Crippen molar-refractivity contribution in [2.75, 3.05) is 5.32 Å². The molecule has 3 heterocycles. The molecule has 7 heteroatoms. The molecule has 120 valence electrons. The van der Waals surface area contributed by atoms with Crippen LogP contribution in [0.3, 0.4) is 0 Å². The molecule has 1 aliphatic rings. The number of aryl methyl sites for hydroxylation is 1. The number of carbonyl (C=O) groups excluding carboxylic acids is 1. The molecule has 0 saturated carbocycles. The highest BCUT2D eigenvalue weighted by atomic mass is 19.1. The van der Waals surface area contributed by atoms with Gasteiger partial charge in [0.25, 0.3) is 5.91 Å². The minimum Gasteiger partial charge on any atom is -0.511 e. The minimum absolute atomic E-state index is 0.0440. The number of para-hydroxylation sites is 1. The van der Waals surface area contributed by atoms with Crippen LogP contribution in [0.4, 0.5) is 10.1 Å². The molecule has 0 unspecified atom stereocenters. The Morgan fingerprint density at radius 1 is 1.25 bits per heavy atom. The van der Waals surface area contributed by atoms with E-state index in [2.05, 4.69) is 15.3 Å². The van der Waals surface area contributed by atoms with Crippen molar-refractivity contribution in [2.24, 2.45) is 0 Å². The van der Waals surface area contributed by atoms with E-state index in [0.29, 0.717) is 24.4 Å². The Hall–Kier alpha value is -3.22. The molecule has 3 aromatic rings. The summed E-state index contributed by atoms with van der Waals surface area (Å²) in [5, 5.41) is 12.7. The lowest BCUT2D eigenvalue weighted by Crippen LogP contribution is -2.22. The van der Waals surface area contributed by atoms with Gasteiger partial charge in [0.05, 0.1) is 11.2 Å². The van der Waals surface area contributed by atoms with Crippen molar-refractivity contribution in [1.29, 1.82) is 0 Å². The molecular weight excluding hydrogens is 311 g/mol. The number of fused-ring (bicyclic) bond motifs is 3. The summed E-state index contributed by atoms with van der Waals surface area (Å²) < 4.78 is 15.6. The normalized spacial score (nSPS) is 13.9. The fraction of sp³-hybridized carbons (Fsp3) is 0.118. The molecular formula is C17H13FN4O2. The van der Waals surface area contributed by atoms with Crippen molar-refractivity contribution >= 4 is 28.3 Å². The number of hydrogen-bond acceptors (Lipinski definition) is 4. The zero-order valence-electron chi connectivity index (χ0n) is 12.5. The third-order valence-corrected chi connectivity index (χ3v) is 3.96. The zero-order chi connectivity index (χ0) is 16.7. The smallest absolute Gasteiger partial charge is 0.262 e. The summed E-state index contributed by atoms with van der Waals surface area (Å²) in [6, 6.07) is 9.50. The Kier molecular flexibility index (Phi) is 3.26. The van der Waals surface area contributed by atoms with Gasteiger partial charge in [-0.2, -0.15) is 0 Å². The van der Waals surface area contributed by atoms with Crippen LogP contribution in [-0.4, -0.2) is 25.5 Å². The summed E-state index contributed by atoms with van der Waals surface area (Å²) in [4.78, 5) is 21.1. The zero-order valence-corrected chi connectivity index (χ0v) is 12.5. The van der Waals surface area contributed by atoms with Crippen molar-refractivity contribution < 1.29 is 14.3 Å². The summed E-state index contributed by atoms with van der Waals surface area (Å²) in [5.74, 6) is -0.876. The molecule has 1 aliphatic heterocycles. The molecule has 0 spiro atoms. The minimum atomic E-state index is -0.603. The van der Waals surface area contributed by atoms with Crippen LogP contribution in [0.25, 0.3) is 16.7 Å². The number of imidazole rings is 1. The lowest BCUT2D eigenvalue weighted by atomic mass is 10.1. The van der Waals surface area contributed by atoms with E-state index in [0.717, 1.165) is 5.52 Å². The molecule has 2 N–H and O–H groups in total. The van der Waals surface area contributed by atoms with E-state index in [-0.39, 0.29) is 17.0 Å². The number of benzene rings is 1. The molecule has 1 aromatic carbocycles. The summed E-state index contributed by atoms with van der Waals surface area (Å²) in [7, 11) is 0. The SMILES string of the molecule is O=C(Nc1ccccc1F)C1=C(O)CCn2c1nc1ncccc12. The molecule has 6 nitrogen and oxygen atoms in total. The molecule has 1 amide bonds. The van der Waals surface area contributed by atoms with Gasteiger partial charge in [0.1, 0.15) is 17.1 Å². The van der Waals surface area contributed by atoms with Crippen LogP contribution in [0, 0.1) is 5.82 Å². The molecule has 0 bridgehead atoms. The molecule has 0 saturated heterocycles. The topological polar surface area (TPSA) is 80.0 Å². The van der Waals surface area contributed by atoms with Crippen molar-refractivity contribution in [3.63, 3.8) is 0 Å². The van der Waals surface area contributed by atoms with E-state index >= 15 is 0 Å². The van der Waals surface area contributed by atoms with Crippen LogP contribution in [0.2, 0.25) is 0 Å². The first-order valence-electron chi connectivity index (χ1n) is 7.45. The van der Waals surface area contributed by atoms with E-state index in [1.165, 1.54) is 18.2 Å². The average molecular weight is 324 g/mol. The maximum Gasteiger partial charge on any atom is 0.262 e. The number of aliphatic hydroxyl groups excluding tert-OH is 1. The Bertz CT molecular complexity index is 993. The maximum absolute atomic E-state index is 13.8. The molecule has 0 radical (unpaired) electrons. The number of nitrogens with zero attached hydrogens (tertiary/aromatic N) is 3. The van der Waals surface area contributed by atoms with Crippen LogP contribution >= 0.6 is 0 Å². The monoisotopic (exact) mass is 324 g/mol. The lowest BCUT2D eigenvalue weighted by Gasteiger charge is -2.18. The fourth-order valence-electron chi connectivity index (χ4n) is 2.83. The first-order chi connectivity index (χ1) is 11.6. The lowest BCUT2D eigenvalue weighted by molar-refractivity contribution is -0.111. The second kappa shape index (κ2) is 5.45. The number of allylic oxidation sites excluding steroid dienone is 1. The number of aliphatic hydroxyl groups is 1. The van der Waals surface area contributed by atoms with E-state index in [9.17, 15) is 14.3 Å². The molecule has 0 aliphatic carbocycles. The maximum atomic E-state index is 13.8. The number of carbonyl (C=O) groups is 1. The molecule has 24 heavy (non-hydrogen) atoms. The summed E-state index contributed by atoms with van der Waals surface area (Å²) >= 11 is 0. The third-order valence-electron chi connectivity index (χ3n) is 3.96. The van der Waals surface area contributed by atoms with Gasteiger partial charge >= 0.3 is 0 Å². The number of amides is 1. The van der Waals surface area contributed by atoms with Crippen molar-refractivity contribution in [3.8, 4) is 0 Å². The second-order valence-corrected chi connectivity index (χ2v) is 5.44. The predicted molar refractivity (Wildman–Crippen MR) is 86.7 cm³/mol. The van der Waals surface area contributed by atoms with Crippen LogP contribution in [0.1, 0.15) is 12.2 Å². The first-order valence-corrected chi connectivity index (χ1v) is 7.45. The van der Waals surface area contributed by atoms with Gasteiger partial charge in [-0.15, -0.1) is 0 Å². The van der Waals surface area contributed by atoms with Gasteiger partial charge in [0.15, 0.2) is 11.5 Å². The van der Waals surface area contributed by atoms with Gasteiger partial charge in [-0.25, -0.2) is 14.4 Å². The summed E-state index contributed by atoms with van der Waals surface area (Å²) in [6.45, 7) is 0.500. The Morgan fingerprint density at radius 2 is 2.08 bits per heavy atom. The summed E-state index contributed by atoms with van der Waals surface area (Å²) in [6.07, 6.45) is 1.91. The van der Waals surface area contributed by atoms with Crippen LogP contribution < -0.4 is 5.32 Å². The Balaban J connectivity index is 1.78. The van der Waals surface area contributed by atoms with Gasteiger partial charge in [-0.3, -0.25) is 4.79 Å². The van der Waals surface area contributed by atoms with Gasteiger partial charge in [-0.1, -0.05) is 12.1 Å². The highest BCUT2D eigenvalue weighted by molar-refractivity contribution is 6.25. The summed E-state index contributed by atoms with van der Waals surface area (Å²) in [5.41, 5.74) is 1.38. The fourth-order valence-corrected chi connectivity index (χ4v) is 2.83. The number of rotatable bonds is 2. The van der Waals surface area contributed by atoms with Crippen molar-refractivity contribution in [3.05, 3.63) is 60.0 Å². The first kappa shape index (κ1) is 14.4. The highest BCUT2D eigenvalue weighted by Crippen LogP contribution is 2.29. The van der Waals surface area contributed by atoms with Crippen LogP contribution in [0.15, 0.2) is 48.4 Å². The molecule has 0 atom stereocenters. The van der Waals surface area contributed by atoms with E-state index < -0.39 is 11.7 Å². The number of nitrogens with one attached hydrogen (secondary N) is 1. The number of pyridine rings is 1. The highest BCUT2D eigenvalue weighted by Gasteiger charge is 2.28. The van der Waals surface area contributed by atoms with E-state index in [4.69, 9.17) is 0 Å². The van der Waals surface area contributed by atoms with Gasteiger partial charge < -0.3 is 15.0 Å². The van der Waals surface area contributed by atoms with Crippen molar-refractivity contribution in [1.82, 2.24) is 14.5 Å². The van der Waals surface area contributed by atoms with Crippen molar-refractivity contribution in [2.45, 2.75) is 13.0 Å².